The third kappa shape index (κ3) is 5.65. The Bertz CT molecular complexity index is 1180. The smallest absolute Gasteiger partial charge is 0.308 e. The molecule has 0 aliphatic heterocycles. The van der Waals surface area contributed by atoms with E-state index in [-0.39, 0.29) is 11.6 Å². The van der Waals surface area contributed by atoms with Gasteiger partial charge >= 0.3 is 6.03 Å². The van der Waals surface area contributed by atoms with E-state index in [9.17, 15) is 13.6 Å². The van der Waals surface area contributed by atoms with E-state index in [1.807, 2.05) is 24.3 Å². The van der Waals surface area contributed by atoms with E-state index in [1.165, 1.54) is 47.7 Å². The lowest BCUT2D eigenvalue weighted by Gasteiger charge is -2.07. The van der Waals surface area contributed by atoms with Crippen molar-refractivity contribution in [2.24, 2.45) is 0 Å². The number of aromatic nitrogens is 2. The molecule has 0 radical (unpaired) electrons. The standard InChI is InChI=1S/C22H16F2N4OS2/c23-15-7-5-14(6-8-15)13-30-19-4-2-1-3-18(19)20-27-28-22(31-20)26-21(29)25-17-11-9-16(24)10-12-17/h1-12H,13H2,(H2,25,26,28,29). The Morgan fingerprint density at radius 2 is 1.55 bits per heavy atom. The second-order valence-electron chi connectivity index (χ2n) is 6.41. The lowest BCUT2D eigenvalue weighted by molar-refractivity contribution is 0.262. The van der Waals surface area contributed by atoms with E-state index < -0.39 is 6.03 Å². The fourth-order valence-electron chi connectivity index (χ4n) is 2.69. The Kier molecular flexibility index (Phi) is 6.54. The number of nitrogens with zero attached hydrogens (tertiary/aromatic N) is 2. The first-order valence-electron chi connectivity index (χ1n) is 9.20. The van der Waals surface area contributed by atoms with Gasteiger partial charge in [-0.25, -0.2) is 13.6 Å². The highest BCUT2D eigenvalue weighted by atomic mass is 32.2. The Morgan fingerprint density at radius 1 is 0.871 bits per heavy atom. The van der Waals surface area contributed by atoms with Gasteiger partial charge in [0, 0.05) is 21.9 Å². The molecule has 0 aliphatic rings. The van der Waals surface area contributed by atoms with Gasteiger partial charge in [0.2, 0.25) is 5.13 Å². The van der Waals surface area contributed by atoms with Crippen LogP contribution in [0.3, 0.4) is 0 Å². The summed E-state index contributed by atoms with van der Waals surface area (Å²) >= 11 is 2.86. The predicted octanol–water partition coefficient (Wildman–Crippen LogP) is 6.42. The number of urea groups is 1. The topological polar surface area (TPSA) is 66.9 Å². The number of nitrogens with one attached hydrogen (secondary N) is 2. The number of thioether (sulfide) groups is 1. The van der Waals surface area contributed by atoms with Crippen molar-refractivity contribution in [2.75, 3.05) is 10.6 Å². The summed E-state index contributed by atoms with van der Waals surface area (Å²) in [6, 6.07) is 19.2. The minimum absolute atomic E-state index is 0.258. The maximum Gasteiger partial charge on any atom is 0.325 e. The summed E-state index contributed by atoms with van der Waals surface area (Å²) in [5.41, 5.74) is 2.38. The number of rotatable bonds is 6. The molecule has 4 rings (SSSR count). The summed E-state index contributed by atoms with van der Waals surface area (Å²) in [5, 5.41) is 14.5. The molecule has 1 heterocycles. The van der Waals surface area contributed by atoms with E-state index in [2.05, 4.69) is 20.8 Å². The molecule has 0 aliphatic carbocycles. The number of benzene rings is 3. The Hall–Kier alpha value is -3.30. The first-order chi connectivity index (χ1) is 15.1. The SMILES string of the molecule is O=C(Nc1ccc(F)cc1)Nc1nnc(-c2ccccc2SCc2ccc(F)cc2)s1. The molecule has 0 spiro atoms. The molecule has 2 N–H and O–H groups in total. The molecule has 0 bridgehead atoms. The van der Waals surface area contributed by atoms with Crippen molar-refractivity contribution in [3.05, 3.63) is 90.0 Å². The van der Waals surface area contributed by atoms with Crippen molar-refractivity contribution in [1.29, 1.82) is 0 Å². The number of amides is 2. The summed E-state index contributed by atoms with van der Waals surface area (Å²) < 4.78 is 26.1. The molecule has 2 amide bonds. The number of hydrogen-bond donors (Lipinski definition) is 2. The molecule has 9 heteroatoms. The number of carbonyl (C=O) groups is 1. The maximum atomic E-state index is 13.1. The van der Waals surface area contributed by atoms with E-state index in [0.717, 1.165) is 16.0 Å². The normalized spacial score (nSPS) is 10.6. The summed E-state index contributed by atoms with van der Waals surface area (Å²) in [6.07, 6.45) is 0. The van der Waals surface area contributed by atoms with Crippen molar-refractivity contribution in [3.8, 4) is 10.6 Å². The van der Waals surface area contributed by atoms with Gasteiger partial charge in [-0.15, -0.1) is 22.0 Å². The van der Waals surface area contributed by atoms with Gasteiger partial charge in [0.1, 0.15) is 11.6 Å². The molecule has 5 nitrogen and oxygen atoms in total. The Balaban J connectivity index is 1.43. The average Bonchev–Trinajstić information content (AvgIpc) is 3.23. The quantitative estimate of drug-likeness (QED) is 0.330. The Morgan fingerprint density at radius 3 is 2.29 bits per heavy atom. The van der Waals surface area contributed by atoms with Gasteiger partial charge in [0.25, 0.3) is 0 Å². The second kappa shape index (κ2) is 9.67. The van der Waals surface area contributed by atoms with E-state index >= 15 is 0 Å². The number of anilines is 2. The molecule has 0 unspecified atom stereocenters. The van der Waals surface area contributed by atoms with Crippen LogP contribution in [0.5, 0.6) is 0 Å². The number of halogens is 2. The first kappa shape index (κ1) is 21.0. The summed E-state index contributed by atoms with van der Waals surface area (Å²) in [4.78, 5) is 13.2. The van der Waals surface area contributed by atoms with Crippen LogP contribution in [0.15, 0.2) is 77.7 Å². The number of carbonyl (C=O) groups excluding carboxylic acids is 1. The number of hydrogen-bond acceptors (Lipinski definition) is 5. The summed E-state index contributed by atoms with van der Waals surface area (Å²) in [5.74, 6) is 0.0450. The highest BCUT2D eigenvalue weighted by molar-refractivity contribution is 7.98. The van der Waals surface area contributed by atoms with Crippen LogP contribution in [0.4, 0.5) is 24.4 Å². The molecule has 3 aromatic carbocycles. The zero-order valence-corrected chi connectivity index (χ0v) is 17.6. The van der Waals surface area contributed by atoms with Crippen LogP contribution in [-0.2, 0) is 5.75 Å². The van der Waals surface area contributed by atoms with Gasteiger partial charge < -0.3 is 5.32 Å². The first-order valence-corrected chi connectivity index (χ1v) is 11.0. The minimum Gasteiger partial charge on any atom is -0.308 e. The van der Waals surface area contributed by atoms with Crippen LogP contribution >= 0.6 is 23.1 Å². The highest BCUT2D eigenvalue weighted by Crippen LogP contribution is 2.35. The second-order valence-corrected chi connectivity index (χ2v) is 8.40. The largest absolute Gasteiger partial charge is 0.325 e. The molecule has 1 aromatic heterocycles. The zero-order valence-electron chi connectivity index (χ0n) is 16.0. The predicted molar refractivity (Wildman–Crippen MR) is 120 cm³/mol. The van der Waals surface area contributed by atoms with E-state index in [4.69, 9.17) is 0 Å². The van der Waals surface area contributed by atoms with Crippen molar-refractivity contribution >= 4 is 39.9 Å². The maximum absolute atomic E-state index is 13.1. The molecule has 156 valence electrons. The fourth-order valence-corrected chi connectivity index (χ4v) is 4.54. The van der Waals surface area contributed by atoms with Crippen LogP contribution in [0, 0.1) is 11.6 Å². The fraction of sp³-hybridized carbons (Fsp3) is 0.0455. The summed E-state index contributed by atoms with van der Waals surface area (Å²) in [6.45, 7) is 0. The Labute approximate surface area is 185 Å². The van der Waals surface area contributed by atoms with Crippen LogP contribution < -0.4 is 10.6 Å². The van der Waals surface area contributed by atoms with Crippen molar-refractivity contribution in [2.45, 2.75) is 10.6 Å². The molecule has 0 atom stereocenters. The van der Waals surface area contributed by atoms with Gasteiger partial charge in [-0.1, -0.05) is 41.7 Å². The van der Waals surface area contributed by atoms with Crippen molar-refractivity contribution in [1.82, 2.24) is 10.2 Å². The van der Waals surface area contributed by atoms with Gasteiger partial charge in [-0.05, 0) is 48.0 Å². The van der Waals surface area contributed by atoms with E-state index in [0.29, 0.717) is 21.6 Å². The zero-order chi connectivity index (χ0) is 21.6. The highest BCUT2D eigenvalue weighted by Gasteiger charge is 2.13. The average molecular weight is 455 g/mol. The molecule has 0 saturated carbocycles. The van der Waals surface area contributed by atoms with Gasteiger partial charge in [0.05, 0.1) is 0 Å². The minimum atomic E-state index is -0.492. The van der Waals surface area contributed by atoms with Crippen LogP contribution in [0.25, 0.3) is 10.6 Å². The third-order valence-electron chi connectivity index (χ3n) is 4.17. The molecule has 31 heavy (non-hydrogen) atoms. The van der Waals surface area contributed by atoms with Gasteiger partial charge in [-0.3, -0.25) is 5.32 Å². The lowest BCUT2D eigenvalue weighted by Crippen LogP contribution is -2.19. The third-order valence-corrected chi connectivity index (χ3v) is 6.19. The van der Waals surface area contributed by atoms with Gasteiger partial charge in [0.15, 0.2) is 5.01 Å². The molecule has 4 aromatic rings. The van der Waals surface area contributed by atoms with E-state index in [1.54, 1.807) is 23.9 Å². The molecule has 0 fully saturated rings. The van der Waals surface area contributed by atoms with Crippen molar-refractivity contribution in [3.63, 3.8) is 0 Å². The molecular weight excluding hydrogens is 438 g/mol. The van der Waals surface area contributed by atoms with Gasteiger partial charge in [-0.2, -0.15) is 0 Å². The summed E-state index contributed by atoms with van der Waals surface area (Å²) in [7, 11) is 0. The monoisotopic (exact) mass is 454 g/mol. The van der Waals surface area contributed by atoms with Crippen LogP contribution in [-0.4, -0.2) is 16.2 Å². The van der Waals surface area contributed by atoms with Crippen molar-refractivity contribution < 1.29 is 13.6 Å². The molecule has 0 saturated heterocycles. The van der Waals surface area contributed by atoms with Crippen LogP contribution in [0.2, 0.25) is 0 Å². The molecular formula is C22H16F2N4OS2. The lowest BCUT2D eigenvalue weighted by atomic mass is 10.2. The van der Waals surface area contributed by atoms with Crippen LogP contribution in [0.1, 0.15) is 5.56 Å².